The smallest absolute Gasteiger partial charge is 0.0544 e. The topological polar surface area (TPSA) is 47.0 Å². The van der Waals surface area contributed by atoms with E-state index in [-0.39, 0.29) is 0 Å². The number of hydrogen-bond acceptors (Lipinski definition) is 4. The molecular weight excluding hydrogens is 202 g/mol. The predicted octanol–water partition coefficient (Wildman–Crippen LogP) is 1.55. The molecule has 0 aliphatic carbocycles. The molecule has 16 heavy (non-hydrogen) atoms. The number of aromatic nitrogens is 2. The van der Waals surface area contributed by atoms with Gasteiger partial charge in [0.25, 0.3) is 0 Å². The molecule has 1 aromatic heterocycles. The van der Waals surface area contributed by atoms with Crippen LogP contribution in [0.1, 0.15) is 31.4 Å². The van der Waals surface area contributed by atoms with Gasteiger partial charge in [-0.1, -0.05) is 6.92 Å². The molecule has 4 nitrogen and oxygen atoms in total. The number of ether oxygens (including phenoxy) is 1. The maximum absolute atomic E-state index is 5.46. The lowest BCUT2D eigenvalue weighted by atomic mass is 9.93. The van der Waals surface area contributed by atoms with Gasteiger partial charge in [-0.15, -0.1) is 0 Å². The van der Waals surface area contributed by atoms with E-state index >= 15 is 0 Å². The Morgan fingerprint density at radius 3 is 3.12 bits per heavy atom. The minimum absolute atomic E-state index is 0.359. The third-order valence-corrected chi connectivity index (χ3v) is 3.02. The summed E-state index contributed by atoms with van der Waals surface area (Å²) in [5.41, 5.74) is 1.22. The summed E-state index contributed by atoms with van der Waals surface area (Å²) in [6, 6.07) is 2.40. The predicted molar refractivity (Wildman–Crippen MR) is 62.0 cm³/mol. The molecular formula is C12H19N3O. The van der Waals surface area contributed by atoms with Gasteiger partial charge < -0.3 is 10.1 Å². The summed E-state index contributed by atoms with van der Waals surface area (Å²) in [6.07, 6.45) is 5.88. The average Bonchev–Trinajstić information content (AvgIpc) is 2.85. The highest BCUT2D eigenvalue weighted by Crippen LogP contribution is 2.27. The Morgan fingerprint density at radius 2 is 2.50 bits per heavy atom. The zero-order valence-electron chi connectivity index (χ0n) is 9.72. The average molecular weight is 221 g/mol. The van der Waals surface area contributed by atoms with E-state index in [2.05, 4.69) is 22.4 Å². The lowest BCUT2D eigenvalue weighted by Crippen LogP contribution is -2.29. The standard InChI is InChI=1S/C12H19N3O/c1-2-5-13-12(11-4-7-16-9-11)10-3-6-14-15-8-10/h3,6,8,11-13H,2,4-5,7,9H2,1H3. The number of nitrogens with zero attached hydrogens (tertiary/aromatic N) is 2. The number of nitrogens with one attached hydrogen (secondary N) is 1. The van der Waals surface area contributed by atoms with Crippen LogP contribution in [0.4, 0.5) is 0 Å². The fraction of sp³-hybridized carbons (Fsp3) is 0.667. The second kappa shape index (κ2) is 5.92. The minimum atomic E-state index is 0.359. The van der Waals surface area contributed by atoms with Crippen molar-refractivity contribution in [1.82, 2.24) is 15.5 Å². The van der Waals surface area contributed by atoms with Crippen LogP contribution < -0.4 is 5.32 Å². The van der Waals surface area contributed by atoms with Crippen molar-refractivity contribution in [2.75, 3.05) is 19.8 Å². The summed E-state index contributed by atoms with van der Waals surface area (Å²) >= 11 is 0. The Balaban J connectivity index is 2.07. The van der Waals surface area contributed by atoms with Gasteiger partial charge in [-0.2, -0.15) is 10.2 Å². The minimum Gasteiger partial charge on any atom is -0.381 e. The van der Waals surface area contributed by atoms with Gasteiger partial charge in [0.1, 0.15) is 0 Å². The van der Waals surface area contributed by atoms with Crippen LogP contribution in [0.3, 0.4) is 0 Å². The molecule has 2 rings (SSSR count). The van der Waals surface area contributed by atoms with Crippen LogP contribution in [0.2, 0.25) is 0 Å². The molecule has 2 unspecified atom stereocenters. The molecule has 0 saturated carbocycles. The molecule has 0 aromatic carbocycles. The second-order valence-electron chi connectivity index (χ2n) is 4.23. The van der Waals surface area contributed by atoms with Crippen LogP contribution in [0, 0.1) is 5.92 Å². The van der Waals surface area contributed by atoms with Crippen LogP contribution in [0.15, 0.2) is 18.5 Å². The molecule has 1 aliphatic heterocycles. The summed E-state index contributed by atoms with van der Waals surface area (Å²) in [7, 11) is 0. The van der Waals surface area contributed by atoms with Crippen molar-refractivity contribution < 1.29 is 4.74 Å². The monoisotopic (exact) mass is 221 g/mol. The van der Waals surface area contributed by atoms with Crippen LogP contribution in [-0.4, -0.2) is 30.0 Å². The maximum atomic E-state index is 5.46. The van der Waals surface area contributed by atoms with Gasteiger partial charge in [-0.3, -0.25) is 0 Å². The maximum Gasteiger partial charge on any atom is 0.0544 e. The van der Waals surface area contributed by atoms with Gasteiger partial charge in [0.2, 0.25) is 0 Å². The Morgan fingerprint density at radius 1 is 1.56 bits per heavy atom. The fourth-order valence-electron chi connectivity index (χ4n) is 2.16. The third-order valence-electron chi connectivity index (χ3n) is 3.02. The van der Waals surface area contributed by atoms with Gasteiger partial charge in [-0.25, -0.2) is 0 Å². The normalized spacial score (nSPS) is 22.2. The van der Waals surface area contributed by atoms with E-state index in [9.17, 15) is 0 Å². The highest BCUT2D eigenvalue weighted by atomic mass is 16.5. The Hall–Kier alpha value is -1.00. The second-order valence-corrected chi connectivity index (χ2v) is 4.23. The quantitative estimate of drug-likeness (QED) is 0.819. The zero-order valence-corrected chi connectivity index (χ0v) is 9.72. The Kier molecular flexibility index (Phi) is 4.25. The summed E-state index contributed by atoms with van der Waals surface area (Å²) in [6.45, 7) is 4.95. The molecule has 1 N–H and O–H groups in total. The van der Waals surface area contributed by atoms with E-state index in [1.807, 2.05) is 12.3 Å². The lowest BCUT2D eigenvalue weighted by molar-refractivity contribution is 0.176. The van der Waals surface area contributed by atoms with Gasteiger partial charge in [0, 0.05) is 24.8 Å². The first kappa shape index (κ1) is 11.5. The van der Waals surface area contributed by atoms with Crippen molar-refractivity contribution in [3.05, 3.63) is 24.0 Å². The van der Waals surface area contributed by atoms with Crippen molar-refractivity contribution >= 4 is 0 Å². The highest BCUT2D eigenvalue weighted by molar-refractivity contribution is 5.13. The molecule has 2 atom stereocenters. The van der Waals surface area contributed by atoms with E-state index in [1.165, 1.54) is 5.56 Å². The van der Waals surface area contributed by atoms with Crippen LogP contribution in [-0.2, 0) is 4.74 Å². The van der Waals surface area contributed by atoms with Crippen molar-refractivity contribution in [2.45, 2.75) is 25.8 Å². The molecule has 1 fully saturated rings. The van der Waals surface area contributed by atoms with E-state index in [1.54, 1.807) is 6.20 Å². The molecule has 2 heterocycles. The molecule has 1 aliphatic rings. The largest absolute Gasteiger partial charge is 0.381 e. The summed E-state index contributed by atoms with van der Waals surface area (Å²) in [5, 5.41) is 11.4. The van der Waals surface area contributed by atoms with Gasteiger partial charge in [0.15, 0.2) is 0 Å². The zero-order chi connectivity index (χ0) is 11.2. The molecule has 4 heteroatoms. The van der Waals surface area contributed by atoms with Crippen LogP contribution in [0.5, 0.6) is 0 Å². The van der Waals surface area contributed by atoms with Crippen LogP contribution >= 0.6 is 0 Å². The molecule has 0 amide bonds. The summed E-state index contributed by atoms with van der Waals surface area (Å²) < 4.78 is 5.46. The Bertz CT molecular complexity index is 298. The number of rotatable bonds is 5. The molecule has 1 saturated heterocycles. The van der Waals surface area contributed by atoms with E-state index in [0.29, 0.717) is 12.0 Å². The van der Waals surface area contributed by atoms with E-state index in [0.717, 1.165) is 32.6 Å². The van der Waals surface area contributed by atoms with E-state index < -0.39 is 0 Å². The highest BCUT2D eigenvalue weighted by Gasteiger charge is 2.26. The van der Waals surface area contributed by atoms with Crippen molar-refractivity contribution in [2.24, 2.45) is 5.92 Å². The molecule has 1 aromatic rings. The fourth-order valence-corrected chi connectivity index (χ4v) is 2.16. The van der Waals surface area contributed by atoms with Gasteiger partial charge >= 0.3 is 0 Å². The lowest BCUT2D eigenvalue weighted by Gasteiger charge is -2.23. The molecule has 0 bridgehead atoms. The molecule has 0 spiro atoms. The van der Waals surface area contributed by atoms with Gasteiger partial charge in [-0.05, 0) is 31.0 Å². The van der Waals surface area contributed by atoms with Crippen molar-refractivity contribution in [3.8, 4) is 0 Å². The van der Waals surface area contributed by atoms with Crippen molar-refractivity contribution in [3.63, 3.8) is 0 Å². The Labute approximate surface area is 96.4 Å². The molecule has 88 valence electrons. The first-order valence-corrected chi connectivity index (χ1v) is 5.99. The van der Waals surface area contributed by atoms with Crippen LogP contribution in [0.25, 0.3) is 0 Å². The number of hydrogen-bond donors (Lipinski definition) is 1. The summed E-state index contributed by atoms with van der Waals surface area (Å²) in [5.74, 6) is 0.566. The molecule has 0 radical (unpaired) electrons. The first-order chi connectivity index (χ1) is 7.92. The van der Waals surface area contributed by atoms with E-state index in [4.69, 9.17) is 4.74 Å². The third kappa shape index (κ3) is 2.77. The SMILES string of the molecule is CCCNC(c1ccnnc1)C1CCOC1. The first-order valence-electron chi connectivity index (χ1n) is 5.99. The summed E-state index contributed by atoms with van der Waals surface area (Å²) in [4.78, 5) is 0. The van der Waals surface area contributed by atoms with Crippen molar-refractivity contribution in [1.29, 1.82) is 0 Å². The van der Waals surface area contributed by atoms with Gasteiger partial charge in [0.05, 0.1) is 12.8 Å².